The molecular weight excluding hydrogens is 528 g/mol. The number of benzene rings is 1. The summed E-state index contributed by atoms with van der Waals surface area (Å²) in [6, 6.07) is 7.21. The van der Waals surface area contributed by atoms with Crippen molar-refractivity contribution in [1.29, 1.82) is 0 Å². The average Bonchev–Trinajstić information content (AvgIpc) is 3.04. The SMILES string of the molecule is CCCCCCCCCCCCCCCCCCc1cccc(CCCCCCCCCCCCCCCCCC)c1CC. The molecule has 0 bridgehead atoms. The molecule has 0 aliphatic heterocycles. The van der Waals surface area contributed by atoms with Crippen LogP contribution in [0, 0.1) is 0 Å². The molecule has 0 spiro atoms. The molecule has 0 saturated carbocycles. The van der Waals surface area contributed by atoms with E-state index in [4.69, 9.17) is 0 Å². The summed E-state index contributed by atoms with van der Waals surface area (Å²) in [4.78, 5) is 0. The van der Waals surface area contributed by atoms with Gasteiger partial charge in [-0.3, -0.25) is 0 Å². The second kappa shape index (κ2) is 33.6. The fourth-order valence-electron chi connectivity index (χ4n) is 7.34. The zero-order valence-corrected chi connectivity index (χ0v) is 31.0. The highest BCUT2D eigenvalue weighted by Gasteiger charge is 2.07. The van der Waals surface area contributed by atoms with Crippen molar-refractivity contribution in [2.45, 2.75) is 245 Å². The molecule has 0 N–H and O–H groups in total. The summed E-state index contributed by atoms with van der Waals surface area (Å²) in [5.41, 5.74) is 5.01. The molecule has 0 unspecified atom stereocenters. The molecule has 0 atom stereocenters. The van der Waals surface area contributed by atoms with E-state index in [1.165, 1.54) is 225 Å². The molecule has 1 aromatic rings. The van der Waals surface area contributed by atoms with Crippen molar-refractivity contribution in [2.24, 2.45) is 0 Å². The molecule has 1 aromatic carbocycles. The molecule has 0 radical (unpaired) electrons. The zero-order chi connectivity index (χ0) is 31.6. The summed E-state index contributed by atoms with van der Waals surface area (Å²) in [6.45, 7) is 7.00. The quantitative estimate of drug-likeness (QED) is 0.0671. The van der Waals surface area contributed by atoms with Crippen LogP contribution in [0.3, 0.4) is 0 Å². The summed E-state index contributed by atoms with van der Waals surface area (Å²) in [6.07, 6.45) is 50.3. The van der Waals surface area contributed by atoms with Crippen LogP contribution in [0.4, 0.5) is 0 Å². The predicted molar refractivity (Wildman–Crippen MR) is 202 cm³/mol. The molecule has 0 heteroatoms. The van der Waals surface area contributed by atoms with Crippen molar-refractivity contribution in [2.75, 3.05) is 0 Å². The molecule has 0 aliphatic carbocycles. The van der Waals surface area contributed by atoms with Gasteiger partial charge in [-0.15, -0.1) is 0 Å². The first kappa shape index (κ1) is 41.2. The maximum absolute atomic E-state index is 2.43. The monoisotopic (exact) mass is 611 g/mol. The Bertz CT molecular complexity index is 633. The van der Waals surface area contributed by atoms with E-state index in [-0.39, 0.29) is 0 Å². The molecule has 0 nitrogen and oxygen atoms in total. The minimum absolute atomic E-state index is 1.21. The number of hydrogen-bond acceptors (Lipinski definition) is 0. The molecule has 1 rings (SSSR count). The number of hydrogen-bond donors (Lipinski definition) is 0. The lowest BCUT2D eigenvalue weighted by atomic mass is 9.92. The minimum Gasteiger partial charge on any atom is -0.0654 e. The molecular formula is C44H82. The fraction of sp³-hybridized carbons (Fsp3) is 0.864. The van der Waals surface area contributed by atoms with Gasteiger partial charge in [-0.05, 0) is 48.8 Å². The van der Waals surface area contributed by atoms with E-state index in [2.05, 4.69) is 39.0 Å². The second-order valence-corrected chi connectivity index (χ2v) is 14.5. The van der Waals surface area contributed by atoms with Crippen LogP contribution in [0.5, 0.6) is 0 Å². The third kappa shape index (κ3) is 25.4. The third-order valence-electron chi connectivity index (χ3n) is 10.3. The summed E-state index contributed by atoms with van der Waals surface area (Å²) in [7, 11) is 0. The first-order valence-electron chi connectivity index (χ1n) is 20.9. The van der Waals surface area contributed by atoms with Crippen LogP contribution in [0.1, 0.15) is 243 Å². The van der Waals surface area contributed by atoms with Gasteiger partial charge >= 0.3 is 0 Å². The van der Waals surface area contributed by atoms with Crippen LogP contribution < -0.4 is 0 Å². The van der Waals surface area contributed by atoms with E-state index < -0.39 is 0 Å². The summed E-state index contributed by atoms with van der Waals surface area (Å²) >= 11 is 0. The van der Waals surface area contributed by atoms with Crippen LogP contribution in [0.2, 0.25) is 0 Å². The normalized spacial score (nSPS) is 11.5. The fourth-order valence-corrected chi connectivity index (χ4v) is 7.34. The Kier molecular flexibility index (Phi) is 31.5. The van der Waals surface area contributed by atoms with Gasteiger partial charge < -0.3 is 0 Å². The Labute approximate surface area is 279 Å². The van der Waals surface area contributed by atoms with E-state index in [0.717, 1.165) is 0 Å². The van der Waals surface area contributed by atoms with Gasteiger partial charge in [0.25, 0.3) is 0 Å². The molecule has 0 saturated heterocycles. The van der Waals surface area contributed by atoms with E-state index in [1.54, 1.807) is 16.7 Å². The maximum Gasteiger partial charge on any atom is -0.0276 e. The van der Waals surface area contributed by atoms with Crippen molar-refractivity contribution in [3.8, 4) is 0 Å². The van der Waals surface area contributed by atoms with Crippen molar-refractivity contribution in [3.63, 3.8) is 0 Å². The molecule has 0 amide bonds. The Balaban J connectivity index is 1.98. The van der Waals surface area contributed by atoms with Crippen LogP contribution in [-0.4, -0.2) is 0 Å². The van der Waals surface area contributed by atoms with Gasteiger partial charge in [-0.25, -0.2) is 0 Å². The minimum atomic E-state index is 1.21. The number of aryl methyl sites for hydroxylation is 2. The first-order valence-corrected chi connectivity index (χ1v) is 20.9. The van der Waals surface area contributed by atoms with Gasteiger partial charge in [0.1, 0.15) is 0 Å². The van der Waals surface area contributed by atoms with Gasteiger partial charge in [-0.2, -0.15) is 0 Å². The van der Waals surface area contributed by atoms with E-state index in [1.807, 2.05) is 0 Å². The average molecular weight is 611 g/mol. The third-order valence-corrected chi connectivity index (χ3v) is 10.3. The highest BCUT2D eigenvalue weighted by molar-refractivity contribution is 5.35. The standard InChI is InChI=1S/C44H82/c1-4-7-9-11-13-15-17-19-21-23-25-27-29-31-33-35-38-42-40-37-41-43(44(42)6-3)39-36-34-32-30-28-26-24-22-20-18-16-14-12-10-8-5-2/h37,40-41H,4-36,38-39H2,1-3H3. The Morgan fingerprint density at radius 2 is 0.523 bits per heavy atom. The lowest BCUT2D eigenvalue weighted by Crippen LogP contribution is -2.00. The smallest absolute Gasteiger partial charge is 0.0276 e. The van der Waals surface area contributed by atoms with Gasteiger partial charge in [0.2, 0.25) is 0 Å². The summed E-state index contributed by atoms with van der Waals surface area (Å²) < 4.78 is 0. The molecule has 0 fully saturated rings. The predicted octanol–water partition coefficient (Wildman–Crippen LogP) is 15.9. The van der Waals surface area contributed by atoms with Crippen LogP contribution in [-0.2, 0) is 19.3 Å². The number of rotatable bonds is 35. The maximum atomic E-state index is 2.43. The van der Waals surface area contributed by atoms with Crippen molar-refractivity contribution in [3.05, 3.63) is 34.9 Å². The van der Waals surface area contributed by atoms with E-state index in [9.17, 15) is 0 Å². The molecule has 0 heterocycles. The van der Waals surface area contributed by atoms with Gasteiger partial charge in [-0.1, -0.05) is 232 Å². The Morgan fingerprint density at radius 1 is 0.295 bits per heavy atom. The molecule has 44 heavy (non-hydrogen) atoms. The molecule has 0 aliphatic rings. The van der Waals surface area contributed by atoms with Crippen LogP contribution >= 0.6 is 0 Å². The second-order valence-electron chi connectivity index (χ2n) is 14.5. The first-order chi connectivity index (χ1) is 21.8. The highest BCUT2D eigenvalue weighted by atomic mass is 14.1. The van der Waals surface area contributed by atoms with E-state index in [0.29, 0.717) is 0 Å². The van der Waals surface area contributed by atoms with Crippen LogP contribution in [0.15, 0.2) is 18.2 Å². The van der Waals surface area contributed by atoms with Gasteiger partial charge in [0.05, 0.1) is 0 Å². The largest absolute Gasteiger partial charge is 0.0654 e. The zero-order valence-electron chi connectivity index (χ0n) is 31.0. The van der Waals surface area contributed by atoms with Crippen LogP contribution in [0.25, 0.3) is 0 Å². The van der Waals surface area contributed by atoms with E-state index >= 15 is 0 Å². The Morgan fingerprint density at radius 3 is 0.750 bits per heavy atom. The van der Waals surface area contributed by atoms with Crippen molar-refractivity contribution in [1.82, 2.24) is 0 Å². The molecule has 258 valence electrons. The van der Waals surface area contributed by atoms with Crippen molar-refractivity contribution < 1.29 is 0 Å². The lowest BCUT2D eigenvalue weighted by Gasteiger charge is -2.14. The summed E-state index contributed by atoms with van der Waals surface area (Å²) in [5, 5.41) is 0. The van der Waals surface area contributed by atoms with Gasteiger partial charge in [0.15, 0.2) is 0 Å². The number of unbranched alkanes of at least 4 members (excludes halogenated alkanes) is 30. The summed E-state index contributed by atoms with van der Waals surface area (Å²) in [5.74, 6) is 0. The molecule has 0 aromatic heterocycles. The lowest BCUT2D eigenvalue weighted by molar-refractivity contribution is 0.529. The Hall–Kier alpha value is -0.780. The van der Waals surface area contributed by atoms with Crippen molar-refractivity contribution >= 4 is 0 Å². The highest BCUT2D eigenvalue weighted by Crippen LogP contribution is 2.22. The van der Waals surface area contributed by atoms with Gasteiger partial charge in [0, 0.05) is 0 Å². The topological polar surface area (TPSA) is 0 Å².